The van der Waals surface area contributed by atoms with Gasteiger partial charge in [-0.1, -0.05) is 40.5 Å². The van der Waals surface area contributed by atoms with E-state index in [1.165, 1.54) is 64.2 Å². The first kappa shape index (κ1) is 42.2. The van der Waals surface area contributed by atoms with Gasteiger partial charge in [0.05, 0.1) is 12.0 Å². The number of aliphatic hydroxyl groups excluding tert-OH is 1. The van der Waals surface area contributed by atoms with Crippen LogP contribution in [-0.4, -0.2) is 61.6 Å². The lowest BCUT2D eigenvalue weighted by molar-refractivity contribution is -0.167. The van der Waals surface area contributed by atoms with Crippen molar-refractivity contribution in [3.8, 4) is 0 Å². The predicted molar refractivity (Wildman–Crippen MR) is 191 cm³/mol. The van der Waals surface area contributed by atoms with Crippen LogP contribution in [0.25, 0.3) is 0 Å². The normalized spacial score (nSPS) is 37.2. The van der Waals surface area contributed by atoms with Gasteiger partial charge in [-0.25, -0.2) is 0 Å². The molecule has 44 heavy (non-hydrogen) atoms. The van der Waals surface area contributed by atoms with Crippen LogP contribution in [-0.2, 0) is 4.79 Å². The standard InChI is InChI=1S/C35H65N3O3.3ClH/c1-24(10-8-11-25(2)33(40)41)28-12-13-29-32-30(15-17-35(28,29)4)34(3)16-14-27(22-26(34)23-31(32)39)38-21-9-20-37-19-7-6-18-36-5;;;/h24-32,36-39H,6-23H2,1-5H3,(H,40,41);3*1H/t24-,25?,26-,27?,28?,29?,30?,31-,32?,34?,35?;;;/m1.../s1. The molecule has 8 unspecified atom stereocenters. The lowest BCUT2D eigenvalue weighted by Crippen LogP contribution is -2.59. The van der Waals surface area contributed by atoms with E-state index in [0.717, 1.165) is 51.9 Å². The third-order valence-corrected chi connectivity index (χ3v) is 13.2. The Bertz CT molecular complexity index is 840. The maximum absolute atomic E-state index is 11.7. The van der Waals surface area contributed by atoms with E-state index in [0.29, 0.717) is 52.4 Å². The van der Waals surface area contributed by atoms with Crippen molar-refractivity contribution in [3.63, 3.8) is 0 Å². The lowest BCUT2D eigenvalue weighted by atomic mass is 9.43. The fourth-order valence-corrected chi connectivity index (χ4v) is 10.7. The number of hydrogen-bond donors (Lipinski definition) is 5. The zero-order valence-corrected chi connectivity index (χ0v) is 30.9. The summed E-state index contributed by atoms with van der Waals surface area (Å²) in [5.41, 5.74) is 0.720. The molecule has 0 aromatic heterocycles. The molecule has 9 heteroatoms. The number of aliphatic hydroxyl groups is 1. The Morgan fingerprint density at radius 3 is 2.18 bits per heavy atom. The highest BCUT2D eigenvalue weighted by Gasteiger charge is 2.62. The van der Waals surface area contributed by atoms with E-state index < -0.39 is 5.97 Å². The van der Waals surface area contributed by atoms with E-state index in [1.807, 2.05) is 14.0 Å². The van der Waals surface area contributed by atoms with Gasteiger partial charge in [0.15, 0.2) is 0 Å². The van der Waals surface area contributed by atoms with E-state index >= 15 is 0 Å². The van der Waals surface area contributed by atoms with Crippen LogP contribution in [0.3, 0.4) is 0 Å². The number of carboxylic acids is 1. The quantitative estimate of drug-likeness (QED) is 0.109. The van der Waals surface area contributed by atoms with Crippen LogP contribution in [0.5, 0.6) is 0 Å². The summed E-state index contributed by atoms with van der Waals surface area (Å²) >= 11 is 0. The molecule has 4 aliphatic carbocycles. The van der Waals surface area contributed by atoms with Crippen LogP contribution < -0.4 is 16.0 Å². The molecule has 6 nitrogen and oxygen atoms in total. The number of carboxylic acid groups (broad SMARTS) is 1. The fraction of sp³-hybridized carbons (Fsp3) is 0.971. The average Bonchev–Trinajstić information content (AvgIpc) is 3.29. The summed E-state index contributed by atoms with van der Waals surface area (Å²) in [6, 6.07) is 0.613. The summed E-state index contributed by atoms with van der Waals surface area (Å²) in [5.74, 6) is 2.91. The number of halogens is 3. The Labute approximate surface area is 288 Å². The van der Waals surface area contributed by atoms with Crippen molar-refractivity contribution < 1.29 is 15.0 Å². The average molecular weight is 685 g/mol. The Morgan fingerprint density at radius 2 is 1.48 bits per heavy atom. The van der Waals surface area contributed by atoms with Crippen LogP contribution in [0.2, 0.25) is 0 Å². The van der Waals surface area contributed by atoms with Gasteiger partial charge in [-0.2, -0.15) is 0 Å². The number of aliphatic carboxylic acids is 1. The lowest BCUT2D eigenvalue weighted by Gasteiger charge is -2.62. The van der Waals surface area contributed by atoms with Crippen molar-refractivity contribution >= 4 is 43.2 Å². The number of hydrogen-bond acceptors (Lipinski definition) is 5. The molecule has 262 valence electrons. The summed E-state index contributed by atoms with van der Waals surface area (Å²) in [4.78, 5) is 11.3. The van der Waals surface area contributed by atoms with Crippen molar-refractivity contribution in [3.05, 3.63) is 0 Å². The molecule has 0 radical (unpaired) electrons. The first-order valence-corrected chi connectivity index (χ1v) is 17.6. The first-order chi connectivity index (χ1) is 19.6. The summed E-state index contributed by atoms with van der Waals surface area (Å²) in [6.07, 6.45) is 16.5. The van der Waals surface area contributed by atoms with Crippen molar-refractivity contribution in [2.45, 2.75) is 130 Å². The van der Waals surface area contributed by atoms with Gasteiger partial charge in [-0.3, -0.25) is 4.79 Å². The number of unbranched alkanes of at least 4 members (excludes halogenated alkanes) is 1. The topological polar surface area (TPSA) is 93.6 Å². The highest BCUT2D eigenvalue weighted by atomic mass is 35.5. The molecular weight excluding hydrogens is 617 g/mol. The minimum absolute atomic E-state index is 0. The van der Waals surface area contributed by atoms with E-state index in [2.05, 4.69) is 36.7 Å². The molecular formula is C35H68Cl3N3O3. The molecule has 0 heterocycles. The third-order valence-electron chi connectivity index (χ3n) is 13.2. The second kappa shape index (κ2) is 19.2. The monoisotopic (exact) mass is 683 g/mol. The van der Waals surface area contributed by atoms with Crippen LogP contribution in [0.4, 0.5) is 0 Å². The van der Waals surface area contributed by atoms with E-state index in [-0.39, 0.29) is 49.2 Å². The zero-order valence-electron chi connectivity index (χ0n) is 28.5. The molecule has 0 aromatic rings. The zero-order chi connectivity index (χ0) is 29.6. The number of rotatable bonds is 16. The van der Waals surface area contributed by atoms with Gasteiger partial charge in [0.2, 0.25) is 0 Å². The second-order valence-electron chi connectivity index (χ2n) is 15.5. The predicted octanol–water partition coefficient (Wildman–Crippen LogP) is 7.35. The Morgan fingerprint density at radius 1 is 0.818 bits per heavy atom. The van der Waals surface area contributed by atoms with Crippen LogP contribution in [0.15, 0.2) is 0 Å². The van der Waals surface area contributed by atoms with Gasteiger partial charge in [-0.15, -0.1) is 37.2 Å². The number of carbonyl (C=O) groups is 1. The maximum atomic E-state index is 11.7. The van der Waals surface area contributed by atoms with Crippen molar-refractivity contribution in [1.82, 2.24) is 16.0 Å². The largest absolute Gasteiger partial charge is 0.481 e. The molecule has 5 N–H and O–H groups in total. The summed E-state index contributed by atoms with van der Waals surface area (Å²) in [6.45, 7) is 13.9. The molecule has 0 bridgehead atoms. The van der Waals surface area contributed by atoms with Crippen molar-refractivity contribution in [2.75, 3.05) is 33.2 Å². The van der Waals surface area contributed by atoms with Gasteiger partial charge in [0.25, 0.3) is 0 Å². The van der Waals surface area contributed by atoms with Crippen molar-refractivity contribution in [2.24, 2.45) is 52.3 Å². The van der Waals surface area contributed by atoms with Crippen LogP contribution in [0.1, 0.15) is 118 Å². The van der Waals surface area contributed by atoms with E-state index in [9.17, 15) is 15.0 Å². The molecule has 0 amide bonds. The number of fused-ring (bicyclic) bond motifs is 5. The number of nitrogens with one attached hydrogen (secondary N) is 3. The first-order valence-electron chi connectivity index (χ1n) is 17.6. The van der Waals surface area contributed by atoms with Crippen molar-refractivity contribution in [1.29, 1.82) is 0 Å². The smallest absolute Gasteiger partial charge is 0.306 e. The van der Waals surface area contributed by atoms with Gasteiger partial charge in [-0.05, 0) is 157 Å². The molecule has 4 saturated carbocycles. The molecule has 0 aromatic carbocycles. The van der Waals surface area contributed by atoms with Gasteiger partial charge in [0, 0.05) is 6.04 Å². The third kappa shape index (κ3) is 9.63. The minimum atomic E-state index is -0.661. The second-order valence-corrected chi connectivity index (χ2v) is 15.5. The summed E-state index contributed by atoms with van der Waals surface area (Å²) in [5, 5.41) is 31.7. The van der Waals surface area contributed by atoms with Gasteiger partial charge >= 0.3 is 5.97 Å². The molecule has 4 rings (SSSR count). The highest BCUT2D eigenvalue weighted by Crippen LogP contribution is 2.68. The van der Waals surface area contributed by atoms with Crippen LogP contribution >= 0.6 is 37.2 Å². The molecule has 4 aliphatic rings. The van der Waals surface area contributed by atoms with E-state index in [4.69, 9.17) is 0 Å². The fourth-order valence-electron chi connectivity index (χ4n) is 10.7. The summed E-state index contributed by atoms with van der Waals surface area (Å²) in [7, 11) is 2.02. The van der Waals surface area contributed by atoms with Gasteiger partial charge < -0.3 is 26.2 Å². The Balaban J connectivity index is 0.00000323. The highest BCUT2D eigenvalue weighted by molar-refractivity contribution is 5.86. The molecule has 0 spiro atoms. The SMILES string of the molecule is CNCCCCNCCCNC1CCC2(C)C3CCC4(C)C(CCC4[C@H](C)CCCC(C)C(=O)O)C3[C@H](O)C[C@H]2C1.Cl.Cl.Cl. The molecule has 0 saturated heterocycles. The van der Waals surface area contributed by atoms with E-state index in [1.54, 1.807) is 0 Å². The minimum Gasteiger partial charge on any atom is -0.481 e. The molecule has 4 fully saturated rings. The Hall–Kier alpha value is 0.180. The molecule has 0 aliphatic heterocycles. The summed E-state index contributed by atoms with van der Waals surface area (Å²) < 4.78 is 0. The molecule has 11 atom stereocenters. The Kier molecular flexibility index (Phi) is 18.5. The maximum Gasteiger partial charge on any atom is 0.306 e. The van der Waals surface area contributed by atoms with Crippen LogP contribution in [0, 0.1) is 52.3 Å². The van der Waals surface area contributed by atoms with Gasteiger partial charge in [0.1, 0.15) is 0 Å².